The number of rotatable bonds is 2. The van der Waals surface area contributed by atoms with Crippen LogP contribution in [-0.2, 0) is 9.53 Å². The molecule has 72 valence electrons. The fourth-order valence-corrected chi connectivity index (χ4v) is 1.64. The van der Waals surface area contributed by atoms with Crippen molar-refractivity contribution in [3.63, 3.8) is 0 Å². The van der Waals surface area contributed by atoms with Crippen LogP contribution in [0.1, 0.15) is 28.9 Å². The van der Waals surface area contributed by atoms with Gasteiger partial charge in [-0.15, -0.1) is 0 Å². The number of carbonyl (C=O) groups is 2. The lowest BCUT2D eigenvalue weighted by atomic mass is 9.97. The number of ether oxygens (including phenoxy) is 1. The second-order valence-electron chi connectivity index (χ2n) is 3.41. The molecule has 0 spiro atoms. The minimum atomic E-state index is -0.406. The summed E-state index contributed by atoms with van der Waals surface area (Å²) in [5.74, 6) is -0.623. The largest absolute Gasteiger partial charge is 0.453 e. The maximum absolute atomic E-state index is 11.4. The summed E-state index contributed by atoms with van der Waals surface area (Å²) in [6.07, 6.45) is 0.399. The van der Waals surface area contributed by atoms with Gasteiger partial charge in [-0.2, -0.15) is 0 Å². The molecule has 0 radical (unpaired) electrons. The molecule has 0 unspecified atom stereocenters. The number of hydrogen-bond donors (Lipinski definition) is 0. The maximum Gasteiger partial charge on any atom is 0.339 e. The van der Waals surface area contributed by atoms with E-state index in [0.717, 1.165) is 11.8 Å². The van der Waals surface area contributed by atoms with Crippen molar-refractivity contribution in [2.75, 3.05) is 0 Å². The molecule has 3 nitrogen and oxygen atoms in total. The summed E-state index contributed by atoms with van der Waals surface area (Å²) in [6.45, 7) is 1.74. The fourth-order valence-electron chi connectivity index (χ4n) is 1.64. The van der Waals surface area contributed by atoms with Gasteiger partial charge in [0.1, 0.15) is 12.4 Å². The molecule has 0 bridgehead atoms. The van der Waals surface area contributed by atoms with Crippen LogP contribution in [0.25, 0.3) is 0 Å². The zero-order chi connectivity index (χ0) is 10.1. The van der Waals surface area contributed by atoms with E-state index in [-0.39, 0.29) is 11.9 Å². The van der Waals surface area contributed by atoms with Crippen molar-refractivity contribution < 1.29 is 14.3 Å². The molecule has 3 heteroatoms. The van der Waals surface area contributed by atoms with E-state index in [2.05, 4.69) is 0 Å². The first-order chi connectivity index (χ1) is 6.74. The Bertz CT molecular complexity index is 384. The van der Waals surface area contributed by atoms with Gasteiger partial charge in [-0.3, -0.25) is 0 Å². The Morgan fingerprint density at radius 1 is 1.43 bits per heavy atom. The molecule has 0 aromatic heterocycles. The molecule has 1 aliphatic rings. The number of benzene rings is 1. The maximum atomic E-state index is 11.4. The molecule has 1 aromatic carbocycles. The topological polar surface area (TPSA) is 43.4 Å². The molecule has 1 heterocycles. The minimum absolute atomic E-state index is 0.289. The average molecular weight is 190 g/mol. The van der Waals surface area contributed by atoms with Crippen LogP contribution in [-0.4, -0.2) is 12.3 Å². The van der Waals surface area contributed by atoms with Crippen LogP contribution in [0, 0.1) is 5.92 Å². The quantitative estimate of drug-likeness (QED) is 0.527. The number of aldehydes is 1. The molecule has 0 N–H and O–H groups in total. The number of cyclic esters (lactones) is 1. The molecule has 2 atom stereocenters. The van der Waals surface area contributed by atoms with E-state index < -0.39 is 6.10 Å². The monoisotopic (exact) mass is 190 g/mol. The van der Waals surface area contributed by atoms with Crippen LogP contribution in [0.4, 0.5) is 0 Å². The van der Waals surface area contributed by atoms with E-state index in [4.69, 9.17) is 4.74 Å². The molecular weight excluding hydrogens is 180 g/mol. The van der Waals surface area contributed by atoms with Gasteiger partial charge in [0, 0.05) is 5.56 Å². The summed E-state index contributed by atoms with van der Waals surface area (Å²) >= 11 is 0. The molecule has 1 aliphatic heterocycles. The fraction of sp³-hybridized carbons (Fsp3) is 0.273. The molecule has 0 saturated carbocycles. The summed E-state index contributed by atoms with van der Waals surface area (Å²) in [5.41, 5.74) is 1.39. The highest BCUT2D eigenvalue weighted by Crippen LogP contribution is 2.34. The van der Waals surface area contributed by atoms with E-state index in [9.17, 15) is 9.59 Å². The van der Waals surface area contributed by atoms with Crippen LogP contribution >= 0.6 is 0 Å². The Labute approximate surface area is 81.7 Å². The van der Waals surface area contributed by atoms with Crippen LogP contribution in [0.2, 0.25) is 0 Å². The third-order valence-corrected chi connectivity index (χ3v) is 2.41. The van der Waals surface area contributed by atoms with Gasteiger partial charge < -0.3 is 9.53 Å². The van der Waals surface area contributed by atoms with Crippen LogP contribution in [0.15, 0.2) is 24.3 Å². The zero-order valence-corrected chi connectivity index (χ0v) is 7.77. The molecule has 0 aliphatic carbocycles. The lowest BCUT2D eigenvalue weighted by molar-refractivity contribution is -0.113. The molecular formula is C11H10O3. The van der Waals surface area contributed by atoms with Gasteiger partial charge in [0.25, 0.3) is 0 Å². The van der Waals surface area contributed by atoms with Crippen molar-refractivity contribution in [3.8, 4) is 0 Å². The van der Waals surface area contributed by atoms with Crippen molar-refractivity contribution in [3.05, 3.63) is 35.4 Å². The zero-order valence-electron chi connectivity index (χ0n) is 7.77. The van der Waals surface area contributed by atoms with E-state index in [1.54, 1.807) is 19.1 Å². The highest BCUT2D eigenvalue weighted by atomic mass is 16.5. The molecule has 1 aromatic rings. The second-order valence-corrected chi connectivity index (χ2v) is 3.41. The molecule has 0 saturated heterocycles. The first-order valence-electron chi connectivity index (χ1n) is 4.49. The second kappa shape index (κ2) is 3.25. The Morgan fingerprint density at radius 2 is 2.14 bits per heavy atom. The highest BCUT2D eigenvalue weighted by Gasteiger charge is 2.33. The predicted molar refractivity (Wildman–Crippen MR) is 49.8 cm³/mol. The van der Waals surface area contributed by atoms with Crippen molar-refractivity contribution in [1.82, 2.24) is 0 Å². The summed E-state index contributed by atoms with van der Waals surface area (Å²) < 4.78 is 5.11. The molecule has 0 amide bonds. The minimum Gasteiger partial charge on any atom is -0.453 e. The van der Waals surface area contributed by atoms with E-state index >= 15 is 0 Å². The third-order valence-electron chi connectivity index (χ3n) is 2.41. The van der Waals surface area contributed by atoms with Crippen LogP contribution in [0.3, 0.4) is 0 Å². The SMILES string of the molecule is C[C@H](C=O)[C@H]1OC(=O)c2ccccc21. The lowest BCUT2D eigenvalue weighted by Crippen LogP contribution is -2.10. The Morgan fingerprint density at radius 3 is 2.86 bits per heavy atom. The average Bonchev–Trinajstić information content (AvgIpc) is 2.56. The van der Waals surface area contributed by atoms with Crippen molar-refractivity contribution in [2.24, 2.45) is 5.92 Å². The Balaban J connectivity index is 2.43. The van der Waals surface area contributed by atoms with Gasteiger partial charge in [0.05, 0.1) is 11.5 Å². The van der Waals surface area contributed by atoms with Crippen LogP contribution in [0.5, 0.6) is 0 Å². The van der Waals surface area contributed by atoms with Gasteiger partial charge in [0.2, 0.25) is 0 Å². The number of hydrogen-bond acceptors (Lipinski definition) is 3. The standard InChI is InChI=1S/C11H10O3/c1-7(6-12)10-8-4-2-3-5-9(8)11(13)14-10/h2-7,10H,1H3/t7-,10-/m1/s1. The molecule has 14 heavy (non-hydrogen) atoms. The van der Waals surface area contributed by atoms with Crippen molar-refractivity contribution in [2.45, 2.75) is 13.0 Å². The van der Waals surface area contributed by atoms with Gasteiger partial charge in [-0.05, 0) is 6.07 Å². The van der Waals surface area contributed by atoms with E-state index in [0.29, 0.717) is 5.56 Å². The van der Waals surface area contributed by atoms with Gasteiger partial charge >= 0.3 is 5.97 Å². The van der Waals surface area contributed by atoms with E-state index in [1.165, 1.54) is 0 Å². The smallest absolute Gasteiger partial charge is 0.339 e. The summed E-state index contributed by atoms with van der Waals surface area (Å²) in [6, 6.07) is 7.17. The van der Waals surface area contributed by atoms with Crippen molar-refractivity contribution in [1.29, 1.82) is 0 Å². The van der Waals surface area contributed by atoms with Gasteiger partial charge in [-0.25, -0.2) is 4.79 Å². The van der Waals surface area contributed by atoms with Gasteiger partial charge in [-0.1, -0.05) is 25.1 Å². The normalized spacial score (nSPS) is 21.2. The number of carbonyl (C=O) groups excluding carboxylic acids is 2. The molecule has 0 fully saturated rings. The first kappa shape index (κ1) is 8.94. The first-order valence-corrected chi connectivity index (χ1v) is 4.49. The Kier molecular flexibility index (Phi) is 2.08. The summed E-state index contributed by atoms with van der Waals surface area (Å²) in [4.78, 5) is 22.0. The Hall–Kier alpha value is -1.64. The van der Waals surface area contributed by atoms with Crippen molar-refractivity contribution >= 4 is 12.3 Å². The summed E-state index contributed by atoms with van der Waals surface area (Å²) in [7, 11) is 0. The highest BCUT2D eigenvalue weighted by molar-refractivity contribution is 5.94. The molecule has 2 rings (SSSR count). The lowest BCUT2D eigenvalue weighted by Gasteiger charge is -2.12. The van der Waals surface area contributed by atoms with Gasteiger partial charge in [0.15, 0.2) is 0 Å². The van der Waals surface area contributed by atoms with Crippen LogP contribution < -0.4 is 0 Å². The van der Waals surface area contributed by atoms with E-state index in [1.807, 2.05) is 12.1 Å². The summed E-state index contributed by atoms with van der Waals surface area (Å²) in [5, 5.41) is 0. The third kappa shape index (κ3) is 1.21. The predicted octanol–water partition coefficient (Wildman–Crippen LogP) is 1.73. The number of fused-ring (bicyclic) bond motifs is 1. The number of esters is 1.